The molecule has 1 heterocycles. The number of unbranched alkanes of at least 4 members (excludes halogenated alkanes) is 41. The molecule has 85 heavy (non-hydrogen) atoms. The highest BCUT2D eigenvalue weighted by Gasteiger charge is 2.44. The van der Waals surface area contributed by atoms with E-state index in [2.05, 4.69) is 79.9 Å². The van der Waals surface area contributed by atoms with Crippen LogP contribution in [0.1, 0.15) is 335 Å². The Bertz CT molecular complexity index is 1570. The average Bonchev–Trinajstić information content (AvgIpc) is 3.67. The number of carbonyl (C=O) groups excluding carboxylic acids is 1. The van der Waals surface area contributed by atoms with Crippen LogP contribution in [0.5, 0.6) is 0 Å². The highest BCUT2D eigenvalue weighted by Crippen LogP contribution is 2.24. The van der Waals surface area contributed by atoms with Crippen LogP contribution in [-0.4, -0.2) is 110 Å². The van der Waals surface area contributed by atoms with Crippen LogP contribution in [0.3, 0.4) is 0 Å². The Morgan fingerprint density at radius 3 is 1.12 bits per heavy atom. The van der Waals surface area contributed by atoms with Crippen LogP contribution in [0.4, 0.5) is 0 Å². The molecule has 498 valence electrons. The SMILES string of the molecule is CCCCCCCCC/C=C/CC/C=C/CC/C=C/CCCC(O)C(O)C(COC1OC(CO)C(O)C(O)C1O)NC(=O)C(O)CCCCCCCCCCCCCCCCCC/C=C\C/C=C\CCCCCCCCCCCCCCCCC. The minimum absolute atomic E-state index is 0.240. The van der Waals surface area contributed by atoms with Crippen molar-refractivity contribution in [2.75, 3.05) is 13.2 Å². The highest BCUT2D eigenvalue weighted by atomic mass is 16.7. The van der Waals surface area contributed by atoms with Gasteiger partial charge in [-0.1, -0.05) is 299 Å². The number of aliphatic hydroxyl groups excluding tert-OH is 7. The van der Waals surface area contributed by atoms with Gasteiger partial charge in [0, 0.05) is 0 Å². The number of carbonyl (C=O) groups is 1. The summed E-state index contributed by atoms with van der Waals surface area (Å²) in [6.45, 7) is 3.47. The molecule has 1 aliphatic heterocycles. The molecular weight excluding hydrogens is 1060 g/mol. The molecule has 11 nitrogen and oxygen atoms in total. The summed E-state index contributed by atoms with van der Waals surface area (Å²) in [6, 6.07) is -1.20. The van der Waals surface area contributed by atoms with Crippen molar-refractivity contribution >= 4 is 5.91 Å². The monoisotopic (exact) mass is 1200 g/mol. The second-order valence-corrected chi connectivity index (χ2v) is 25.3. The van der Waals surface area contributed by atoms with E-state index in [1.807, 2.05) is 0 Å². The Morgan fingerprint density at radius 1 is 0.412 bits per heavy atom. The first-order valence-electron chi connectivity index (χ1n) is 36.2. The largest absolute Gasteiger partial charge is 0.394 e. The molecule has 1 fully saturated rings. The van der Waals surface area contributed by atoms with Crippen LogP contribution in [0, 0.1) is 0 Å². The van der Waals surface area contributed by atoms with Crippen LogP contribution < -0.4 is 5.32 Å². The fraction of sp³-hybridized carbons (Fsp3) is 0.851. The van der Waals surface area contributed by atoms with Gasteiger partial charge in [0.05, 0.1) is 25.4 Å². The van der Waals surface area contributed by atoms with Crippen molar-refractivity contribution in [2.45, 2.75) is 390 Å². The zero-order valence-corrected chi connectivity index (χ0v) is 55.1. The van der Waals surface area contributed by atoms with E-state index in [1.54, 1.807) is 0 Å². The molecule has 0 aromatic rings. The predicted molar refractivity (Wildman–Crippen MR) is 358 cm³/mol. The van der Waals surface area contributed by atoms with Crippen molar-refractivity contribution in [3.63, 3.8) is 0 Å². The van der Waals surface area contributed by atoms with Gasteiger partial charge in [0.25, 0.3) is 0 Å². The van der Waals surface area contributed by atoms with Crippen molar-refractivity contribution in [3.8, 4) is 0 Å². The summed E-state index contributed by atoms with van der Waals surface area (Å²) in [5, 5.41) is 76.4. The lowest BCUT2D eigenvalue weighted by Crippen LogP contribution is -2.60. The number of amides is 1. The number of allylic oxidation sites excluding steroid dienone is 10. The number of ether oxygens (including phenoxy) is 2. The van der Waals surface area contributed by atoms with Gasteiger partial charge in [0.15, 0.2) is 6.29 Å². The van der Waals surface area contributed by atoms with Gasteiger partial charge < -0.3 is 50.5 Å². The third-order valence-corrected chi connectivity index (χ3v) is 17.2. The topological polar surface area (TPSA) is 189 Å². The quantitative estimate of drug-likeness (QED) is 0.0215. The molecule has 0 aliphatic carbocycles. The lowest BCUT2D eigenvalue weighted by molar-refractivity contribution is -0.303. The van der Waals surface area contributed by atoms with Crippen molar-refractivity contribution in [3.05, 3.63) is 60.8 Å². The van der Waals surface area contributed by atoms with Gasteiger partial charge in [-0.2, -0.15) is 0 Å². The summed E-state index contributed by atoms with van der Waals surface area (Å²) in [7, 11) is 0. The van der Waals surface area contributed by atoms with E-state index in [1.165, 1.54) is 238 Å². The standard InChI is InChI=1S/C74H137NO10/c1-3-5-7-9-11-13-15-17-19-21-23-25-26-27-28-29-30-31-32-33-34-35-36-37-38-39-40-41-42-44-46-48-50-52-54-56-58-60-62-67(78)73(83)75-65(64-84-74-72(82)71(81)70(80)68(63-76)85-74)69(79)66(77)61-59-57-55-53-51-49-47-45-43-24-22-20-18-16-14-12-10-8-6-4-2/h20,22,30-31,33-34,45,47,53,55,65-72,74,76-82H,3-19,21,23-29,32,35-44,46,48-52,54,56-64H2,1-2H3,(H,75,83)/b22-20+,31-30-,34-33-,47-45+,55-53+. The van der Waals surface area contributed by atoms with Gasteiger partial charge in [0.1, 0.15) is 36.6 Å². The van der Waals surface area contributed by atoms with Crippen LogP contribution in [-0.2, 0) is 14.3 Å². The number of hydrogen-bond acceptors (Lipinski definition) is 10. The lowest BCUT2D eigenvalue weighted by atomic mass is 9.98. The zero-order chi connectivity index (χ0) is 61.7. The molecule has 0 bridgehead atoms. The molecule has 9 unspecified atom stereocenters. The summed E-state index contributed by atoms with van der Waals surface area (Å²) in [6.07, 6.45) is 71.8. The van der Waals surface area contributed by atoms with E-state index in [4.69, 9.17) is 9.47 Å². The summed E-state index contributed by atoms with van der Waals surface area (Å²) in [5.74, 6) is -0.710. The Kier molecular flexibility index (Phi) is 59.0. The fourth-order valence-electron chi connectivity index (χ4n) is 11.4. The molecule has 0 radical (unpaired) electrons. The van der Waals surface area contributed by atoms with Gasteiger partial charge >= 0.3 is 0 Å². The van der Waals surface area contributed by atoms with Gasteiger partial charge in [-0.15, -0.1) is 0 Å². The maximum absolute atomic E-state index is 13.2. The first-order chi connectivity index (χ1) is 41.7. The van der Waals surface area contributed by atoms with Crippen LogP contribution in [0.15, 0.2) is 60.8 Å². The molecule has 9 atom stereocenters. The Hall–Kier alpha value is -2.19. The van der Waals surface area contributed by atoms with Crippen molar-refractivity contribution in [2.24, 2.45) is 0 Å². The number of aliphatic hydroxyl groups is 7. The Labute approximate surface area is 522 Å². The lowest BCUT2D eigenvalue weighted by Gasteiger charge is -2.40. The van der Waals surface area contributed by atoms with Gasteiger partial charge in [-0.3, -0.25) is 4.79 Å². The van der Waals surface area contributed by atoms with E-state index in [-0.39, 0.29) is 12.8 Å². The molecule has 0 saturated carbocycles. The summed E-state index contributed by atoms with van der Waals surface area (Å²) < 4.78 is 11.2. The molecule has 0 spiro atoms. The third-order valence-electron chi connectivity index (χ3n) is 17.2. The van der Waals surface area contributed by atoms with E-state index in [0.717, 1.165) is 51.4 Å². The minimum atomic E-state index is -1.68. The smallest absolute Gasteiger partial charge is 0.249 e. The van der Waals surface area contributed by atoms with Crippen LogP contribution in [0.2, 0.25) is 0 Å². The third kappa shape index (κ3) is 49.3. The maximum Gasteiger partial charge on any atom is 0.249 e. The first-order valence-corrected chi connectivity index (χ1v) is 36.2. The van der Waals surface area contributed by atoms with Gasteiger partial charge in [0.2, 0.25) is 5.91 Å². The zero-order valence-electron chi connectivity index (χ0n) is 55.1. The van der Waals surface area contributed by atoms with Crippen molar-refractivity contribution < 1.29 is 50.0 Å². The predicted octanol–water partition coefficient (Wildman–Crippen LogP) is 17.7. The summed E-state index contributed by atoms with van der Waals surface area (Å²) in [4.78, 5) is 13.2. The second-order valence-electron chi connectivity index (χ2n) is 25.3. The first kappa shape index (κ1) is 80.8. The molecule has 1 amide bonds. The number of hydrogen-bond donors (Lipinski definition) is 8. The van der Waals surface area contributed by atoms with E-state index in [9.17, 15) is 40.5 Å². The molecule has 8 N–H and O–H groups in total. The van der Waals surface area contributed by atoms with E-state index < -0.39 is 74.2 Å². The van der Waals surface area contributed by atoms with Crippen LogP contribution >= 0.6 is 0 Å². The average molecular weight is 1200 g/mol. The van der Waals surface area contributed by atoms with Gasteiger partial charge in [-0.05, 0) is 96.3 Å². The molecular formula is C74H137NO10. The normalized spacial score (nSPS) is 19.2. The number of rotatable bonds is 63. The summed E-state index contributed by atoms with van der Waals surface area (Å²) in [5.41, 5.74) is 0. The van der Waals surface area contributed by atoms with E-state index >= 15 is 0 Å². The summed E-state index contributed by atoms with van der Waals surface area (Å²) >= 11 is 0. The van der Waals surface area contributed by atoms with Crippen molar-refractivity contribution in [1.82, 2.24) is 5.32 Å². The maximum atomic E-state index is 13.2. The molecule has 1 saturated heterocycles. The Balaban J connectivity index is 2.16. The molecule has 0 aromatic heterocycles. The molecule has 1 aliphatic rings. The number of nitrogens with one attached hydrogen (secondary N) is 1. The molecule has 1 rings (SSSR count). The molecule has 0 aromatic carbocycles. The second kappa shape index (κ2) is 62.0. The minimum Gasteiger partial charge on any atom is -0.394 e. The fourth-order valence-corrected chi connectivity index (χ4v) is 11.4. The Morgan fingerprint density at radius 2 is 0.741 bits per heavy atom. The van der Waals surface area contributed by atoms with Gasteiger partial charge in [-0.25, -0.2) is 0 Å². The highest BCUT2D eigenvalue weighted by molar-refractivity contribution is 5.80. The van der Waals surface area contributed by atoms with Crippen molar-refractivity contribution in [1.29, 1.82) is 0 Å². The van der Waals surface area contributed by atoms with Crippen LogP contribution in [0.25, 0.3) is 0 Å². The van der Waals surface area contributed by atoms with E-state index in [0.29, 0.717) is 19.3 Å². The molecule has 11 heteroatoms.